The Hall–Kier alpha value is -2.37. The molecule has 0 radical (unpaired) electrons. The molecule has 1 aliphatic heterocycles. The van der Waals surface area contributed by atoms with Crippen LogP contribution in [0.1, 0.15) is 26.2 Å². The van der Waals surface area contributed by atoms with Crippen molar-refractivity contribution in [1.82, 2.24) is 0 Å². The fraction of sp³-hybridized carbons (Fsp3) is 0.438. The molecule has 1 N–H and O–H groups in total. The van der Waals surface area contributed by atoms with Crippen LogP contribution in [0.5, 0.6) is 0 Å². The van der Waals surface area contributed by atoms with Gasteiger partial charge in [-0.05, 0) is 31.2 Å². The number of Topliss-reactive ketones (excluding diaryl/α,β-unsaturated/α-hetero) is 1. The maximum absolute atomic E-state index is 11.7. The van der Waals surface area contributed by atoms with Gasteiger partial charge >= 0.3 is 5.97 Å². The van der Waals surface area contributed by atoms with Crippen molar-refractivity contribution >= 4 is 29.0 Å². The molecule has 118 valence electrons. The summed E-state index contributed by atoms with van der Waals surface area (Å²) in [4.78, 5) is 36.3. The van der Waals surface area contributed by atoms with Crippen LogP contribution in [-0.4, -0.2) is 37.4 Å². The van der Waals surface area contributed by atoms with Gasteiger partial charge in [0.05, 0.1) is 6.61 Å². The average molecular weight is 304 g/mol. The molecule has 22 heavy (non-hydrogen) atoms. The van der Waals surface area contributed by atoms with E-state index in [1.165, 1.54) is 0 Å². The SMILES string of the molecule is CCOC(=O)CC(=O)Nc1ccc(N2CCC(=O)CC2)cc1. The molecule has 6 heteroatoms. The highest BCUT2D eigenvalue weighted by Gasteiger charge is 2.16. The lowest BCUT2D eigenvalue weighted by Crippen LogP contribution is -2.33. The number of amides is 1. The second-order valence-corrected chi connectivity index (χ2v) is 5.10. The largest absolute Gasteiger partial charge is 0.466 e. The van der Waals surface area contributed by atoms with Gasteiger partial charge < -0.3 is 15.0 Å². The van der Waals surface area contributed by atoms with E-state index in [0.717, 1.165) is 18.8 Å². The van der Waals surface area contributed by atoms with E-state index in [0.29, 0.717) is 24.3 Å². The number of carbonyl (C=O) groups is 3. The van der Waals surface area contributed by atoms with Crippen LogP contribution in [-0.2, 0) is 19.1 Å². The number of piperidine rings is 1. The molecule has 6 nitrogen and oxygen atoms in total. The van der Waals surface area contributed by atoms with Crippen molar-refractivity contribution in [3.63, 3.8) is 0 Å². The summed E-state index contributed by atoms with van der Waals surface area (Å²) in [5.74, 6) is -0.622. The van der Waals surface area contributed by atoms with E-state index in [1.807, 2.05) is 12.1 Å². The molecule has 1 aromatic rings. The number of ether oxygens (including phenoxy) is 1. The summed E-state index contributed by atoms with van der Waals surface area (Å²) < 4.78 is 4.72. The molecule has 0 spiro atoms. The predicted octanol–water partition coefficient (Wildman–Crippen LogP) is 1.75. The third-order valence-corrected chi connectivity index (χ3v) is 3.45. The number of hydrogen-bond donors (Lipinski definition) is 1. The maximum Gasteiger partial charge on any atom is 0.315 e. The van der Waals surface area contributed by atoms with E-state index in [2.05, 4.69) is 10.2 Å². The topological polar surface area (TPSA) is 75.7 Å². The Labute approximate surface area is 129 Å². The van der Waals surface area contributed by atoms with Crippen molar-refractivity contribution in [2.45, 2.75) is 26.2 Å². The number of nitrogens with one attached hydrogen (secondary N) is 1. The first-order valence-electron chi connectivity index (χ1n) is 7.40. The quantitative estimate of drug-likeness (QED) is 0.662. The zero-order valence-electron chi connectivity index (χ0n) is 12.6. The number of esters is 1. The summed E-state index contributed by atoms with van der Waals surface area (Å²) in [6.45, 7) is 3.42. The van der Waals surface area contributed by atoms with Gasteiger partial charge in [0.1, 0.15) is 12.2 Å². The Kier molecular flexibility index (Phi) is 5.52. The number of nitrogens with zero attached hydrogens (tertiary/aromatic N) is 1. The van der Waals surface area contributed by atoms with Crippen LogP contribution in [0.25, 0.3) is 0 Å². The van der Waals surface area contributed by atoms with Crippen LogP contribution in [0, 0.1) is 0 Å². The highest BCUT2D eigenvalue weighted by Crippen LogP contribution is 2.21. The van der Waals surface area contributed by atoms with E-state index in [4.69, 9.17) is 4.74 Å². The number of benzene rings is 1. The summed E-state index contributed by atoms with van der Waals surface area (Å²) in [7, 11) is 0. The summed E-state index contributed by atoms with van der Waals surface area (Å²) in [5, 5.41) is 2.66. The van der Waals surface area contributed by atoms with E-state index < -0.39 is 11.9 Å². The highest BCUT2D eigenvalue weighted by molar-refractivity contribution is 6.01. The molecule has 0 bridgehead atoms. The Balaban J connectivity index is 1.87. The molecular weight excluding hydrogens is 284 g/mol. The third kappa shape index (κ3) is 4.58. The molecule has 0 aromatic heterocycles. The lowest BCUT2D eigenvalue weighted by Gasteiger charge is -2.28. The van der Waals surface area contributed by atoms with Gasteiger partial charge in [-0.3, -0.25) is 14.4 Å². The highest BCUT2D eigenvalue weighted by atomic mass is 16.5. The van der Waals surface area contributed by atoms with Gasteiger partial charge in [0.25, 0.3) is 0 Å². The van der Waals surface area contributed by atoms with Gasteiger partial charge in [0.2, 0.25) is 5.91 Å². The molecule has 1 saturated heterocycles. The first-order chi connectivity index (χ1) is 10.6. The van der Waals surface area contributed by atoms with Crippen LogP contribution in [0.3, 0.4) is 0 Å². The Bertz CT molecular complexity index is 544. The lowest BCUT2D eigenvalue weighted by atomic mass is 10.1. The monoisotopic (exact) mass is 304 g/mol. The standard InChI is InChI=1S/C16H20N2O4/c1-2-22-16(21)11-15(20)17-12-3-5-13(6-4-12)18-9-7-14(19)8-10-18/h3-6H,2,7-11H2,1H3,(H,17,20). The zero-order valence-corrected chi connectivity index (χ0v) is 12.6. The normalized spacial score (nSPS) is 14.6. The van der Waals surface area contributed by atoms with E-state index >= 15 is 0 Å². The number of hydrogen-bond acceptors (Lipinski definition) is 5. The molecule has 1 heterocycles. The van der Waals surface area contributed by atoms with Crippen LogP contribution >= 0.6 is 0 Å². The average Bonchev–Trinajstić information content (AvgIpc) is 2.49. The molecule has 1 aromatic carbocycles. The van der Waals surface area contributed by atoms with E-state index in [-0.39, 0.29) is 13.0 Å². The van der Waals surface area contributed by atoms with Crippen molar-refractivity contribution in [2.75, 3.05) is 29.9 Å². The van der Waals surface area contributed by atoms with Gasteiger partial charge in [0.15, 0.2) is 0 Å². The Morgan fingerprint density at radius 2 is 1.82 bits per heavy atom. The van der Waals surface area contributed by atoms with E-state index in [9.17, 15) is 14.4 Å². The molecule has 1 aliphatic rings. The minimum absolute atomic E-state index is 0.263. The molecule has 1 amide bonds. The van der Waals surface area contributed by atoms with Crippen LogP contribution in [0.15, 0.2) is 24.3 Å². The molecular formula is C16H20N2O4. The van der Waals surface area contributed by atoms with Gasteiger partial charge in [-0.1, -0.05) is 0 Å². The summed E-state index contributed by atoms with van der Waals surface area (Å²) >= 11 is 0. The minimum Gasteiger partial charge on any atom is -0.466 e. The van der Waals surface area contributed by atoms with Crippen molar-refractivity contribution in [2.24, 2.45) is 0 Å². The minimum atomic E-state index is -0.533. The van der Waals surface area contributed by atoms with Crippen molar-refractivity contribution in [1.29, 1.82) is 0 Å². The molecule has 0 unspecified atom stereocenters. The zero-order chi connectivity index (χ0) is 15.9. The van der Waals surface area contributed by atoms with Crippen molar-refractivity contribution in [3.8, 4) is 0 Å². The van der Waals surface area contributed by atoms with Gasteiger partial charge in [-0.2, -0.15) is 0 Å². The molecule has 2 rings (SSSR count). The van der Waals surface area contributed by atoms with Gasteiger partial charge in [-0.25, -0.2) is 0 Å². The number of rotatable bonds is 5. The third-order valence-electron chi connectivity index (χ3n) is 3.45. The fourth-order valence-corrected chi connectivity index (χ4v) is 2.32. The Morgan fingerprint density at radius 3 is 2.41 bits per heavy atom. The van der Waals surface area contributed by atoms with Crippen LogP contribution in [0.4, 0.5) is 11.4 Å². The molecule has 0 atom stereocenters. The number of anilines is 2. The van der Waals surface area contributed by atoms with Crippen molar-refractivity contribution in [3.05, 3.63) is 24.3 Å². The van der Waals surface area contributed by atoms with Crippen molar-refractivity contribution < 1.29 is 19.1 Å². The first kappa shape index (κ1) is 16.0. The second kappa shape index (κ2) is 7.59. The fourth-order valence-electron chi connectivity index (χ4n) is 2.32. The van der Waals surface area contributed by atoms with Gasteiger partial charge in [-0.15, -0.1) is 0 Å². The maximum atomic E-state index is 11.7. The van der Waals surface area contributed by atoms with Crippen LogP contribution < -0.4 is 10.2 Å². The second-order valence-electron chi connectivity index (χ2n) is 5.10. The summed E-state index contributed by atoms with van der Waals surface area (Å²) in [5.41, 5.74) is 1.65. The smallest absolute Gasteiger partial charge is 0.315 e. The van der Waals surface area contributed by atoms with E-state index in [1.54, 1.807) is 19.1 Å². The number of ketones is 1. The molecule has 0 aliphatic carbocycles. The first-order valence-corrected chi connectivity index (χ1v) is 7.40. The molecule has 0 saturated carbocycles. The van der Waals surface area contributed by atoms with Gasteiger partial charge in [0, 0.05) is 37.3 Å². The summed E-state index contributed by atoms with van der Waals surface area (Å²) in [6, 6.07) is 7.37. The van der Waals surface area contributed by atoms with Crippen LogP contribution in [0.2, 0.25) is 0 Å². The lowest BCUT2D eigenvalue weighted by molar-refractivity contribution is -0.145. The molecule has 1 fully saturated rings. The number of carbonyl (C=O) groups excluding carboxylic acids is 3. The summed E-state index contributed by atoms with van der Waals surface area (Å²) in [6.07, 6.45) is 0.875. The predicted molar refractivity (Wildman–Crippen MR) is 82.8 cm³/mol. The Morgan fingerprint density at radius 1 is 1.18 bits per heavy atom.